The molecule has 0 radical (unpaired) electrons. The summed E-state index contributed by atoms with van der Waals surface area (Å²) in [7, 11) is 0. The molecule has 2 amide bonds. The Balaban J connectivity index is 1.65. The van der Waals surface area contributed by atoms with Crippen molar-refractivity contribution >= 4 is 45.4 Å². The lowest BCUT2D eigenvalue weighted by atomic mass is 10.0. The number of phenolic OH excluding ortho intramolecular Hbond substituents is 1. The van der Waals surface area contributed by atoms with Crippen LogP contribution < -0.4 is 21.3 Å². The van der Waals surface area contributed by atoms with E-state index in [2.05, 4.69) is 42.2 Å². The highest BCUT2D eigenvalue weighted by Crippen LogP contribution is 2.28. The lowest BCUT2D eigenvalue weighted by Gasteiger charge is -2.20. The summed E-state index contributed by atoms with van der Waals surface area (Å²) >= 11 is 3.10. The first-order valence-electron chi connectivity index (χ1n) is 11.0. The lowest BCUT2D eigenvalue weighted by Crippen LogP contribution is -2.42. The van der Waals surface area contributed by atoms with Gasteiger partial charge in [-0.15, -0.1) is 0 Å². The topological polar surface area (TPSA) is 172 Å². The zero-order valence-corrected chi connectivity index (χ0v) is 20.8. The number of anilines is 1. The molecule has 1 aliphatic heterocycles. The van der Waals surface area contributed by atoms with Crippen LogP contribution in [0.15, 0.2) is 45.9 Å². The maximum atomic E-state index is 13.2. The highest BCUT2D eigenvalue weighted by molar-refractivity contribution is 9.10. The number of carbonyl (C=O) groups excluding carboxylic acids is 2. The molecule has 0 aromatic heterocycles. The van der Waals surface area contributed by atoms with Crippen LogP contribution in [0.4, 0.5) is 14.5 Å². The van der Waals surface area contributed by atoms with Gasteiger partial charge in [0.05, 0.1) is 31.7 Å². The second-order valence-electron chi connectivity index (χ2n) is 8.14. The fraction of sp³-hybridized carbons (Fsp3) is 0.304. The zero-order chi connectivity index (χ0) is 27.1. The first-order valence-corrected chi connectivity index (χ1v) is 11.7. The monoisotopic (exact) mass is 583 g/mol. The number of phenols is 1. The number of nitrogens with one attached hydrogen (secondary N) is 4. The minimum atomic E-state index is -2.80. The number of aromatic hydroxyl groups is 1. The van der Waals surface area contributed by atoms with E-state index in [0.717, 1.165) is 6.07 Å². The molecule has 1 heterocycles. The van der Waals surface area contributed by atoms with Gasteiger partial charge in [0.2, 0.25) is 5.91 Å². The van der Waals surface area contributed by atoms with Gasteiger partial charge < -0.3 is 36.6 Å². The molecule has 3 rings (SSSR count). The van der Waals surface area contributed by atoms with E-state index in [1.807, 2.05) is 0 Å². The fourth-order valence-corrected chi connectivity index (χ4v) is 3.99. The van der Waals surface area contributed by atoms with Crippen molar-refractivity contribution in [3.8, 4) is 5.75 Å². The molecule has 0 fully saturated rings. The Labute approximate surface area is 218 Å². The van der Waals surface area contributed by atoms with E-state index in [1.165, 1.54) is 30.3 Å². The van der Waals surface area contributed by atoms with Crippen molar-refractivity contribution in [1.82, 2.24) is 16.0 Å². The van der Waals surface area contributed by atoms with Crippen LogP contribution in [0.3, 0.4) is 0 Å². The molecule has 0 aliphatic carbocycles. The van der Waals surface area contributed by atoms with Crippen LogP contribution in [-0.2, 0) is 9.59 Å². The molecule has 2 aromatic carbocycles. The van der Waals surface area contributed by atoms with Gasteiger partial charge in [0, 0.05) is 33.9 Å². The third-order valence-corrected chi connectivity index (χ3v) is 5.59. The summed E-state index contributed by atoms with van der Waals surface area (Å²) in [5, 5.41) is 39.2. The Morgan fingerprint density at radius 1 is 1.14 bits per heavy atom. The van der Waals surface area contributed by atoms with E-state index in [1.54, 1.807) is 0 Å². The number of benzene rings is 2. The highest BCUT2D eigenvalue weighted by atomic mass is 79.9. The maximum absolute atomic E-state index is 13.2. The number of hydrogen-bond acceptors (Lipinski definition) is 8. The number of aliphatic imine (C=N–C) groups is 1. The van der Waals surface area contributed by atoms with Crippen LogP contribution in [0, 0.1) is 0 Å². The molecular formula is C23H24BrF2N5O6. The van der Waals surface area contributed by atoms with Crippen LogP contribution in [-0.4, -0.2) is 64.8 Å². The van der Waals surface area contributed by atoms with E-state index < -0.39 is 49.3 Å². The normalized spacial score (nSPS) is 15.8. The van der Waals surface area contributed by atoms with Gasteiger partial charge in [-0.3, -0.25) is 19.4 Å². The Hall–Kier alpha value is -3.78. The van der Waals surface area contributed by atoms with Crippen molar-refractivity contribution in [2.45, 2.75) is 25.0 Å². The largest absolute Gasteiger partial charge is 0.508 e. The first-order chi connectivity index (χ1) is 17.5. The van der Waals surface area contributed by atoms with Gasteiger partial charge in [-0.2, -0.15) is 0 Å². The van der Waals surface area contributed by atoms with Crippen LogP contribution in [0.5, 0.6) is 5.75 Å². The average Bonchev–Trinajstić information content (AvgIpc) is 2.82. The summed E-state index contributed by atoms with van der Waals surface area (Å²) < 4.78 is 26.6. The predicted octanol–water partition coefficient (Wildman–Crippen LogP) is 1.89. The summed E-state index contributed by atoms with van der Waals surface area (Å²) in [6.07, 6.45) is -3.99. The number of aliphatic hydroxyl groups is 1. The molecule has 2 aromatic rings. The van der Waals surface area contributed by atoms with E-state index >= 15 is 0 Å². The number of aliphatic carboxylic acids is 1. The summed E-state index contributed by atoms with van der Waals surface area (Å²) in [5.74, 6) is -2.62. The third kappa shape index (κ3) is 8.39. The summed E-state index contributed by atoms with van der Waals surface area (Å²) in [6, 6.07) is 6.52. The van der Waals surface area contributed by atoms with Crippen molar-refractivity contribution in [3.63, 3.8) is 0 Å². The number of halogens is 3. The van der Waals surface area contributed by atoms with Gasteiger partial charge in [0.15, 0.2) is 5.96 Å². The van der Waals surface area contributed by atoms with Gasteiger partial charge in [0.1, 0.15) is 5.75 Å². The predicted molar refractivity (Wildman–Crippen MR) is 133 cm³/mol. The molecule has 11 nitrogen and oxygen atoms in total. The average molecular weight is 584 g/mol. The fourth-order valence-electron chi connectivity index (χ4n) is 3.46. The lowest BCUT2D eigenvalue weighted by molar-refractivity contribution is -0.137. The number of hydrogen-bond donors (Lipinski definition) is 7. The quantitative estimate of drug-likeness (QED) is 0.234. The van der Waals surface area contributed by atoms with Crippen molar-refractivity contribution in [2.75, 3.05) is 25.0 Å². The van der Waals surface area contributed by atoms with Crippen molar-refractivity contribution in [2.24, 2.45) is 4.99 Å². The standard InChI is InChI=1S/C23H24BrF2N5O6/c24-14-2-11(1-12(3-14)21(25)26)18(7-20(35)36)31-19(34)10-27-22(37)13-4-15(6-16(32)5-13)30-23-28-8-17(33)9-29-23/h1-6,17-18,21,32-33H,7-10H2,(H,27,37)(H,31,34)(H,35,36)(H2,28,29,30)/t18-/m0/s1. The molecule has 37 heavy (non-hydrogen) atoms. The number of β-amino-alcohol motifs (C(OH)–C–C–N with tert-alkyl or cyclic N) is 1. The molecule has 0 bridgehead atoms. The van der Waals surface area contributed by atoms with Crippen molar-refractivity contribution < 1.29 is 38.5 Å². The molecule has 0 spiro atoms. The number of nitrogens with zero attached hydrogens (tertiary/aromatic N) is 1. The molecule has 1 unspecified atom stereocenters. The minimum Gasteiger partial charge on any atom is -0.508 e. The van der Waals surface area contributed by atoms with E-state index in [-0.39, 0.29) is 40.0 Å². The number of guanidine groups is 1. The second-order valence-corrected chi connectivity index (χ2v) is 9.05. The van der Waals surface area contributed by atoms with Crippen molar-refractivity contribution in [3.05, 3.63) is 57.6 Å². The Morgan fingerprint density at radius 2 is 1.86 bits per heavy atom. The maximum Gasteiger partial charge on any atom is 0.305 e. The summed E-state index contributed by atoms with van der Waals surface area (Å²) in [6.45, 7) is -0.0859. The van der Waals surface area contributed by atoms with E-state index in [4.69, 9.17) is 0 Å². The van der Waals surface area contributed by atoms with Crippen LogP contribution in [0.1, 0.15) is 40.4 Å². The van der Waals surface area contributed by atoms with Gasteiger partial charge in [-0.05, 0) is 35.9 Å². The Morgan fingerprint density at radius 3 is 2.51 bits per heavy atom. The molecule has 1 aliphatic rings. The van der Waals surface area contributed by atoms with E-state index in [0.29, 0.717) is 11.6 Å². The first kappa shape index (κ1) is 27.8. The Bertz CT molecular complexity index is 1210. The molecule has 198 valence electrons. The Kier molecular flexibility index (Phi) is 9.36. The van der Waals surface area contributed by atoms with Gasteiger partial charge >= 0.3 is 5.97 Å². The van der Waals surface area contributed by atoms with Gasteiger partial charge in [0.25, 0.3) is 12.3 Å². The van der Waals surface area contributed by atoms with Crippen molar-refractivity contribution in [1.29, 1.82) is 0 Å². The van der Waals surface area contributed by atoms with Gasteiger partial charge in [-0.25, -0.2) is 8.78 Å². The third-order valence-electron chi connectivity index (χ3n) is 5.13. The van der Waals surface area contributed by atoms with Gasteiger partial charge in [-0.1, -0.05) is 15.9 Å². The number of carboxylic acids is 1. The number of alkyl halides is 2. The molecule has 2 atom stereocenters. The number of aliphatic hydroxyl groups excluding tert-OH is 1. The number of rotatable bonds is 9. The summed E-state index contributed by atoms with van der Waals surface area (Å²) in [4.78, 5) is 40.5. The van der Waals surface area contributed by atoms with Crippen LogP contribution in [0.25, 0.3) is 0 Å². The molecule has 14 heteroatoms. The number of carboxylic acid groups (broad SMARTS) is 1. The molecular weight excluding hydrogens is 560 g/mol. The molecule has 7 N–H and O–H groups in total. The number of carbonyl (C=O) groups is 3. The van der Waals surface area contributed by atoms with Crippen LogP contribution in [0.2, 0.25) is 0 Å². The van der Waals surface area contributed by atoms with E-state index in [9.17, 15) is 38.5 Å². The summed E-state index contributed by atoms with van der Waals surface area (Å²) in [5.41, 5.74) is 0.147. The number of amides is 2. The zero-order valence-electron chi connectivity index (χ0n) is 19.2. The molecule has 0 saturated heterocycles. The minimum absolute atomic E-state index is 0.0161. The SMILES string of the molecule is O=C(O)C[C@H](NC(=O)CNC(=O)c1cc(O)cc(NC2=NCC(O)CN2)c1)c1cc(Br)cc(C(F)F)c1. The smallest absolute Gasteiger partial charge is 0.305 e. The van der Waals surface area contributed by atoms with Crippen LogP contribution >= 0.6 is 15.9 Å². The second kappa shape index (κ2) is 12.5. The highest BCUT2D eigenvalue weighted by Gasteiger charge is 2.21. The molecule has 0 saturated carbocycles.